The fourth-order valence-corrected chi connectivity index (χ4v) is 1.73. The highest BCUT2D eigenvalue weighted by molar-refractivity contribution is 5.72. The van der Waals surface area contributed by atoms with Crippen LogP contribution in [0, 0.1) is 5.41 Å². The Morgan fingerprint density at radius 2 is 2.16 bits per heavy atom. The highest BCUT2D eigenvalue weighted by Crippen LogP contribution is 2.20. The van der Waals surface area contributed by atoms with Gasteiger partial charge in [-0.3, -0.25) is 0 Å². The van der Waals surface area contributed by atoms with E-state index < -0.39 is 0 Å². The molecule has 0 radical (unpaired) electrons. The highest BCUT2D eigenvalue weighted by atomic mass is 35.5. The van der Waals surface area contributed by atoms with Crippen molar-refractivity contribution in [2.75, 3.05) is 6.61 Å². The molecule has 0 spiro atoms. The molecule has 6 heteroatoms. The van der Waals surface area contributed by atoms with Crippen molar-refractivity contribution in [1.82, 2.24) is 4.57 Å². The predicted molar refractivity (Wildman–Crippen MR) is 69.6 cm³/mol. The van der Waals surface area contributed by atoms with Crippen LogP contribution in [0.3, 0.4) is 0 Å². The van der Waals surface area contributed by atoms with E-state index in [-0.39, 0.29) is 12.4 Å². The zero-order chi connectivity index (χ0) is 13.6. The van der Waals surface area contributed by atoms with Crippen LogP contribution in [0.25, 0.3) is 0 Å². The quantitative estimate of drug-likeness (QED) is 0.238. The molecule has 0 bridgehead atoms. The van der Waals surface area contributed by atoms with Gasteiger partial charge in [0.25, 0.3) is 0 Å². The summed E-state index contributed by atoms with van der Waals surface area (Å²) < 4.78 is 9.39. The standard InChI is InChI=1S/C13H23N3O2.ClH/c1-13(2,3)6-5-9-18-11-16-8-7-15(4)12(16)10-14-17;/h7-8,10H,5-6,9,11H2,1-4H3;1H. The number of hydrogen-bond donors (Lipinski definition) is 1. The Hall–Kier alpha value is -1.07. The SMILES string of the molecule is C[n+]1ccn(COCCCC(C)(C)C)c1C=NO.[Cl-]. The molecule has 0 aliphatic carbocycles. The molecule has 0 saturated heterocycles. The molecule has 1 rings (SSSR count). The first-order valence-electron chi connectivity index (χ1n) is 6.24. The van der Waals surface area contributed by atoms with Gasteiger partial charge < -0.3 is 22.4 Å². The summed E-state index contributed by atoms with van der Waals surface area (Å²) in [5.74, 6) is 0.799. The number of oxime groups is 1. The number of aromatic nitrogens is 2. The molecule has 0 saturated carbocycles. The van der Waals surface area contributed by atoms with Crippen LogP contribution in [0.2, 0.25) is 0 Å². The molecule has 5 nitrogen and oxygen atoms in total. The van der Waals surface area contributed by atoms with E-state index in [4.69, 9.17) is 9.94 Å². The Balaban J connectivity index is 0.00000324. The van der Waals surface area contributed by atoms with Crippen molar-refractivity contribution in [3.8, 4) is 0 Å². The van der Waals surface area contributed by atoms with E-state index in [9.17, 15) is 0 Å². The van der Waals surface area contributed by atoms with Crippen molar-refractivity contribution in [1.29, 1.82) is 0 Å². The third kappa shape index (κ3) is 6.59. The van der Waals surface area contributed by atoms with Crippen LogP contribution >= 0.6 is 0 Å². The van der Waals surface area contributed by atoms with Gasteiger partial charge in [0.1, 0.15) is 12.4 Å². The second-order valence-corrected chi connectivity index (χ2v) is 5.68. The minimum atomic E-state index is 0. The summed E-state index contributed by atoms with van der Waals surface area (Å²) in [5, 5.41) is 11.6. The first kappa shape index (κ1) is 17.9. The van der Waals surface area contributed by atoms with Gasteiger partial charge in [0.15, 0.2) is 12.9 Å². The van der Waals surface area contributed by atoms with Gasteiger partial charge >= 0.3 is 5.82 Å². The maximum Gasteiger partial charge on any atom is 0.305 e. The molecule has 0 atom stereocenters. The average Bonchev–Trinajstić information content (AvgIpc) is 2.60. The maximum atomic E-state index is 8.59. The van der Waals surface area contributed by atoms with E-state index in [1.54, 1.807) is 0 Å². The summed E-state index contributed by atoms with van der Waals surface area (Å²) in [6.45, 7) is 7.92. The van der Waals surface area contributed by atoms with Crippen LogP contribution in [-0.2, 0) is 18.5 Å². The number of aryl methyl sites for hydroxylation is 1. The number of rotatable bonds is 6. The van der Waals surface area contributed by atoms with E-state index >= 15 is 0 Å². The van der Waals surface area contributed by atoms with Gasteiger partial charge in [0.2, 0.25) is 0 Å². The molecular formula is C13H24ClN3O2. The van der Waals surface area contributed by atoms with Crippen molar-refractivity contribution < 1.29 is 26.9 Å². The minimum Gasteiger partial charge on any atom is -1.00 e. The van der Waals surface area contributed by atoms with Crippen molar-refractivity contribution in [3.05, 3.63) is 18.2 Å². The van der Waals surface area contributed by atoms with Crippen LogP contribution in [0.5, 0.6) is 0 Å². The fourth-order valence-electron chi connectivity index (χ4n) is 1.73. The second-order valence-electron chi connectivity index (χ2n) is 5.68. The summed E-state index contributed by atoms with van der Waals surface area (Å²) in [5.41, 5.74) is 0.359. The molecule has 1 N–H and O–H groups in total. The van der Waals surface area contributed by atoms with Crippen LogP contribution in [-0.4, -0.2) is 22.6 Å². The summed E-state index contributed by atoms with van der Waals surface area (Å²) in [6.07, 6.45) is 7.41. The Morgan fingerprint density at radius 1 is 1.47 bits per heavy atom. The Kier molecular flexibility index (Phi) is 7.71. The molecule has 0 amide bonds. The summed E-state index contributed by atoms with van der Waals surface area (Å²) in [7, 11) is 1.90. The molecular weight excluding hydrogens is 266 g/mol. The largest absolute Gasteiger partial charge is 1.00 e. The Morgan fingerprint density at radius 3 is 2.74 bits per heavy atom. The van der Waals surface area contributed by atoms with Crippen molar-refractivity contribution in [2.24, 2.45) is 17.6 Å². The zero-order valence-electron chi connectivity index (χ0n) is 12.1. The van der Waals surface area contributed by atoms with Gasteiger partial charge in [0.05, 0.1) is 13.7 Å². The number of halogens is 1. The zero-order valence-corrected chi connectivity index (χ0v) is 12.9. The topological polar surface area (TPSA) is 50.6 Å². The van der Waals surface area contributed by atoms with E-state index in [0.717, 1.165) is 25.3 Å². The maximum absolute atomic E-state index is 8.59. The monoisotopic (exact) mass is 289 g/mol. The third-order valence-electron chi connectivity index (χ3n) is 2.74. The van der Waals surface area contributed by atoms with Gasteiger partial charge in [-0.05, 0) is 18.3 Å². The van der Waals surface area contributed by atoms with Crippen molar-refractivity contribution >= 4 is 6.21 Å². The molecule has 0 fully saturated rings. The lowest BCUT2D eigenvalue weighted by molar-refractivity contribution is -0.672. The molecule has 0 aromatic carbocycles. The molecule has 0 unspecified atom stereocenters. The van der Waals surface area contributed by atoms with Gasteiger partial charge in [-0.25, -0.2) is 9.13 Å². The first-order chi connectivity index (χ1) is 8.44. The predicted octanol–water partition coefficient (Wildman–Crippen LogP) is -1.07. The lowest BCUT2D eigenvalue weighted by Gasteiger charge is -2.17. The number of hydrogen-bond acceptors (Lipinski definition) is 3. The van der Waals surface area contributed by atoms with Crippen LogP contribution < -0.4 is 17.0 Å². The van der Waals surface area contributed by atoms with Crippen LogP contribution in [0.15, 0.2) is 17.5 Å². The average molecular weight is 290 g/mol. The lowest BCUT2D eigenvalue weighted by Crippen LogP contribution is -3.00. The number of nitrogens with zero attached hydrogens (tertiary/aromatic N) is 3. The van der Waals surface area contributed by atoms with E-state index in [1.807, 2.05) is 28.6 Å². The molecule has 0 aliphatic heterocycles. The first-order valence-corrected chi connectivity index (χ1v) is 6.24. The Bertz CT molecular complexity index is 397. The Labute approximate surface area is 121 Å². The minimum absolute atomic E-state index is 0. The highest BCUT2D eigenvalue weighted by Gasteiger charge is 2.13. The molecule has 1 heterocycles. The van der Waals surface area contributed by atoms with Gasteiger partial charge in [-0.15, -0.1) is 0 Å². The lowest BCUT2D eigenvalue weighted by atomic mass is 9.91. The summed E-state index contributed by atoms with van der Waals surface area (Å²) in [6, 6.07) is 0. The summed E-state index contributed by atoms with van der Waals surface area (Å²) >= 11 is 0. The van der Waals surface area contributed by atoms with Gasteiger partial charge in [-0.1, -0.05) is 25.9 Å². The molecule has 110 valence electrons. The molecule has 0 aliphatic rings. The second kappa shape index (κ2) is 8.17. The smallest absolute Gasteiger partial charge is 0.305 e. The molecule has 19 heavy (non-hydrogen) atoms. The third-order valence-corrected chi connectivity index (χ3v) is 2.74. The number of ether oxygens (including phenoxy) is 1. The van der Waals surface area contributed by atoms with Crippen molar-refractivity contribution in [3.63, 3.8) is 0 Å². The normalized spacial score (nSPS) is 11.8. The van der Waals surface area contributed by atoms with E-state index in [2.05, 4.69) is 25.9 Å². The summed E-state index contributed by atoms with van der Waals surface area (Å²) in [4.78, 5) is 0. The van der Waals surface area contributed by atoms with Crippen molar-refractivity contribution in [2.45, 2.75) is 40.3 Å². The van der Waals surface area contributed by atoms with Gasteiger partial charge in [0, 0.05) is 0 Å². The number of imidazole rings is 1. The molecule has 1 aromatic rings. The van der Waals surface area contributed by atoms with E-state index in [0.29, 0.717) is 12.1 Å². The molecule has 1 aromatic heterocycles. The fraction of sp³-hybridized carbons (Fsp3) is 0.692. The van der Waals surface area contributed by atoms with Crippen LogP contribution in [0.1, 0.15) is 39.4 Å². The van der Waals surface area contributed by atoms with E-state index in [1.165, 1.54) is 6.21 Å². The van der Waals surface area contributed by atoms with Gasteiger partial charge in [-0.2, -0.15) is 0 Å². The van der Waals surface area contributed by atoms with Crippen LogP contribution in [0.4, 0.5) is 0 Å².